The van der Waals surface area contributed by atoms with Gasteiger partial charge in [0.2, 0.25) is 0 Å². The van der Waals surface area contributed by atoms with Crippen LogP contribution in [0.4, 0.5) is 11.4 Å². The Morgan fingerprint density at radius 1 is 1.29 bits per heavy atom. The molecule has 0 aliphatic carbocycles. The van der Waals surface area contributed by atoms with Crippen LogP contribution in [-0.2, 0) is 10.0 Å². The lowest BCUT2D eigenvalue weighted by atomic mass is 10.3. The molecular formula is C10H9BrN2O2S2. The van der Waals surface area contributed by atoms with E-state index in [9.17, 15) is 8.42 Å². The van der Waals surface area contributed by atoms with E-state index in [4.69, 9.17) is 5.73 Å². The average Bonchev–Trinajstić information content (AvgIpc) is 2.64. The highest BCUT2D eigenvalue weighted by molar-refractivity contribution is 9.10. The Morgan fingerprint density at radius 2 is 2.06 bits per heavy atom. The normalized spacial score (nSPS) is 11.4. The molecule has 3 N–H and O–H groups in total. The van der Waals surface area contributed by atoms with Crippen molar-refractivity contribution in [1.82, 2.24) is 0 Å². The van der Waals surface area contributed by atoms with Crippen molar-refractivity contribution in [3.05, 3.63) is 40.2 Å². The summed E-state index contributed by atoms with van der Waals surface area (Å²) in [5.74, 6) is 0. The Morgan fingerprint density at radius 3 is 2.65 bits per heavy atom. The summed E-state index contributed by atoms with van der Waals surface area (Å²) in [6.45, 7) is 0. The molecule has 0 amide bonds. The first kappa shape index (κ1) is 12.4. The van der Waals surface area contributed by atoms with Crippen LogP contribution in [-0.4, -0.2) is 8.42 Å². The zero-order chi connectivity index (χ0) is 12.5. The van der Waals surface area contributed by atoms with Gasteiger partial charge in [-0.05, 0) is 45.6 Å². The maximum absolute atomic E-state index is 12.0. The standard InChI is InChI=1S/C10H9BrN2O2S2/c11-9-4-5-16-10(9)17(14,15)13-8-3-1-2-7(12)6-8/h1-6,13H,12H2. The monoisotopic (exact) mass is 332 g/mol. The third-order valence-corrected chi connectivity index (χ3v) is 6.02. The molecule has 1 aromatic carbocycles. The molecule has 1 heterocycles. The predicted molar refractivity (Wildman–Crippen MR) is 73.7 cm³/mol. The number of hydrogen-bond acceptors (Lipinski definition) is 4. The predicted octanol–water partition coefficient (Wildman–Crippen LogP) is 2.89. The maximum Gasteiger partial charge on any atom is 0.272 e. The highest BCUT2D eigenvalue weighted by Crippen LogP contribution is 2.29. The molecule has 1 aromatic heterocycles. The Labute approximate surface area is 112 Å². The molecular weight excluding hydrogens is 324 g/mol. The van der Waals surface area contributed by atoms with Gasteiger partial charge in [0.25, 0.3) is 10.0 Å². The number of nitrogens with one attached hydrogen (secondary N) is 1. The molecule has 17 heavy (non-hydrogen) atoms. The summed E-state index contributed by atoms with van der Waals surface area (Å²) in [7, 11) is -3.55. The molecule has 0 saturated carbocycles. The first-order valence-electron chi connectivity index (χ1n) is 4.60. The summed E-state index contributed by atoms with van der Waals surface area (Å²) in [6.07, 6.45) is 0. The number of nitrogen functional groups attached to an aromatic ring is 1. The van der Waals surface area contributed by atoms with Crippen molar-refractivity contribution in [2.45, 2.75) is 4.21 Å². The van der Waals surface area contributed by atoms with Crippen molar-refractivity contribution in [2.24, 2.45) is 0 Å². The fourth-order valence-corrected chi connectivity index (χ4v) is 4.66. The van der Waals surface area contributed by atoms with Crippen LogP contribution in [0.1, 0.15) is 0 Å². The maximum atomic E-state index is 12.0. The first-order valence-corrected chi connectivity index (χ1v) is 7.76. The van der Waals surface area contributed by atoms with Gasteiger partial charge in [-0.1, -0.05) is 6.07 Å². The van der Waals surface area contributed by atoms with E-state index in [1.54, 1.807) is 35.7 Å². The van der Waals surface area contributed by atoms with Crippen molar-refractivity contribution in [3.63, 3.8) is 0 Å². The second-order valence-electron chi connectivity index (χ2n) is 3.29. The fourth-order valence-electron chi connectivity index (χ4n) is 1.28. The van der Waals surface area contributed by atoms with Crippen molar-refractivity contribution in [3.8, 4) is 0 Å². The summed E-state index contributed by atoms with van der Waals surface area (Å²) in [4.78, 5) is 0. The molecule has 0 bridgehead atoms. The van der Waals surface area contributed by atoms with E-state index in [1.807, 2.05) is 0 Å². The van der Waals surface area contributed by atoms with Gasteiger partial charge in [-0.3, -0.25) is 4.72 Å². The lowest BCUT2D eigenvalue weighted by molar-refractivity contribution is 0.603. The Hall–Kier alpha value is -1.05. The van der Waals surface area contributed by atoms with Gasteiger partial charge in [0.05, 0.1) is 5.69 Å². The minimum absolute atomic E-state index is 0.250. The van der Waals surface area contributed by atoms with E-state index in [1.165, 1.54) is 0 Å². The summed E-state index contributed by atoms with van der Waals surface area (Å²) in [5, 5.41) is 1.71. The molecule has 0 unspecified atom stereocenters. The lowest BCUT2D eigenvalue weighted by Crippen LogP contribution is -2.12. The summed E-state index contributed by atoms with van der Waals surface area (Å²) >= 11 is 4.35. The van der Waals surface area contributed by atoms with Crippen LogP contribution >= 0.6 is 27.3 Å². The van der Waals surface area contributed by atoms with E-state index in [0.717, 1.165) is 11.3 Å². The molecule has 0 saturated heterocycles. The van der Waals surface area contributed by atoms with Gasteiger partial charge in [0, 0.05) is 10.2 Å². The Kier molecular flexibility index (Phi) is 3.41. The van der Waals surface area contributed by atoms with Crippen LogP contribution in [0.15, 0.2) is 44.4 Å². The Bertz CT molecular complexity index is 637. The van der Waals surface area contributed by atoms with Crippen LogP contribution < -0.4 is 10.5 Å². The van der Waals surface area contributed by atoms with E-state index < -0.39 is 10.0 Å². The SMILES string of the molecule is Nc1cccc(NS(=O)(=O)c2sccc2Br)c1. The molecule has 0 spiro atoms. The number of anilines is 2. The zero-order valence-corrected chi connectivity index (χ0v) is 11.8. The molecule has 2 rings (SSSR count). The van der Waals surface area contributed by atoms with Crippen molar-refractivity contribution >= 4 is 48.7 Å². The van der Waals surface area contributed by atoms with E-state index in [0.29, 0.717) is 15.8 Å². The third kappa shape index (κ3) is 2.80. The molecule has 0 fully saturated rings. The minimum Gasteiger partial charge on any atom is -0.399 e. The second-order valence-corrected chi connectivity index (χ2v) is 6.94. The highest BCUT2D eigenvalue weighted by Gasteiger charge is 2.19. The smallest absolute Gasteiger partial charge is 0.272 e. The zero-order valence-electron chi connectivity index (χ0n) is 8.55. The molecule has 0 radical (unpaired) electrons. The molecule has 90 valence electrons. The number of halogens is 1. The van der Waals surface area contributed by atoms with E-state index in [-0.39, 0.29) is 4.21 Å². The number of rotatable bonds is 3. The van der Waals surface area contributed by atoms with Gasteiger partial charge in [-0.2, -0.15) is 0 Å². The molecule has 0 aliphatic heterocycles. The topological polar surface area (TPSA) is 72.2 Å². The Balaban J connectivity index is 2.33. The molecule has 7 heteroatoms. The van der Waals surface area contributed by atoms with Crippen LogP contribution in [0.3, 0.4) is 0 Å². The number of sulfonamides is 1. The van der Waals surface area contributed by atoms with Crippen LogP contribution in [0.25, 0.3) is 0 Å². The average molecular weight is 333 g/mol. The van der Waals surface area contributed by atoms with Crippen LogP contribution in [0, 0.1) is 0 Å². The number of thiophene rings is 1. The summed E-state index contributed by atoms with van der Waals surface area (Å²) < 4.78 is 27.3. The minimum atomic E-state index is -3.55. The van der Waals surface area contributed by atoms with Gasteiger partial charge in [0.1, 0.15) is 0 Å². The van der Waals surface area contributed by atoms with Gasteiger partial charge in [-0.15, -0.1) is 11.3 Å². The third-order valence-electron chi connectivity index (χ3n) is 1.97. The molecule has 2 aromatic rings. The van der Waals surface area contributed by atoms with Crippen molar-refractivity contribution < 1.29 is 8.42 Å². The van der Waals surface area contributed by atoms with Crippen LogP contribution in [0.5, 0.6) is 0 Å². The molecule has 0 aliphatic rings. The fraction of sp³-hybridized carbons (Fsp3) is 0. The largest absolute Gasteiger partial charge is 0.399 e. The number of nitrogens with two attached hydrogens (primary N) is 1. The summed E-state index contributed by atoms with van der Waals surface area (Å²) in [6, 6.07) is 8.29. The second kappa shape index (κ2) is 4.67. The number of hydrogen-bond donors (Lipinski definition) is 2. The van der Waals surface area contributed by atoms with E-state index in [2.05, 4.69) is 20.7 Å². The lowest BCUT2D eigenvalue weighted by Gasteiger charge is -2.07. The van der Waals surface area contributed by atoms with Gasteiger partial charge >= 0.3 is 0 Å². The van der Waals surface area contributed by atoms with Gasteiger partial charge in [-0.25, -0.2) is 8.42 Å². The highest BCUT2D eigenvalue weighted by atomic mass is 79.9. The van der Waals surface area contributed by atoms with Crippen molar-refractivity contribution in [1.29, 1.82) is 0 Å². The van der Waals surface area contributed by atoms with Gasteiger partial charge in [0.15, 0.2) is 4.21 Å². The van der Waals surface area contributed by atoms with E-state index >= 15 is 0 Å². The molecule has 0 atom stereocenters. The van der Waals surface area contributed by atoms with Crippen molar-refractivity contribution in [2.75, 3.05) is 10.5 Å². The first-order chi connectivity index (χ1) is 7.99. The quantitative estimate of drug-likeness (QED) is 0.849. The number of benzene rings is 1. The summed E-state index contributed by atoms with van der Waals surface area (Å²) in [5.41, 5.74) is 6.54. The molecule has 4 nitrogen and oxygen atoms in total. The van der Waals surface area contributed by atoms with Crippen LogP contribution in [0.2, 0.25) is 0 Å². The van der Waals surface area contributed by atoms with Gasteiger partial charge < -0.3 is 5.73 Å².